The molecule has 3 aromatic rings. The van der Waals surface area contributed by atoms with Crippen molar-refractivity contribution in [3.05, 3.63) is 24.3 Å². The fourth-order valence-corrected chi connectivity index (χ4v) is 3.41. The Morgan fingerprint density at radius 3 is 3.03 bits per heavy atom. The van der Waals surface area contributed by atoms with Crippen LogP contribution in [0, 0.1) is 12.8 Å². The number of hydrogen-bond donors (Lipinski definition) is 3. The highest BCUT2D eigenvalue weighted by Crippen LogP contribution is 2.27. The van der Waals surface area contributed by atoms with E-state index >= 15 is 0 Å². The standard InChI is InChI=1S/C19H25N9O2/c1-3-30-9-8-28-16-15(12(2)27-28)24-19(26-18(29)13-4-6-20-10-13)25-17(16)23-14-5-7-21-11-22-14/h5,7,11,13,20H,3-4,6,8-10H2,1-2H3,(H2,21,22,23,24,25,26,29)/t13-/m0/s1. The summed E-state index contributed by atoms with van der Waals surface area (Å²) in [5.41, 5.74) is 2.14. The lowest BCUT2D eigenvalue weighted by atomic mass is 10.1. The summed E-state index contributed by atoms with van der Waals surface area (Å²) in [5, 5.41) is 13.9. The second-order valence-corrected chi connectivity index (χ2v) is 7.00. The molecule has 158 valence electrons. The van der Waals surface area contributed by atoms with Crippen molar-refractivity contribution < 1.29 is 9.53 Å². The van der Waals surface area contributed by atoms with Gasteiger partial charge in [0.05, 0.1) is 24.8 Å². The number of anilines is 3. The quantitative estimate of drug-likeness (QED) is 0.469. The van der Waals surface area contributed by atoms with Crippen LogP contribution < -0.4 is 16.0 Å². The van der Waals surface area contributed by atoms with Crippen molar-refractivity contribution in [3.8, 4) is 0 Å². The van der Waals surface area contributed by atoms with Crippen molar-refractivity contribution in [2.24, 2.45) is 5.92 Å². The Kier molecular flexibility index (Phi) is 6.10. The van der Waals surface area contributed by atoms with Gasteiger partial charge in [0.2, 0.25) is 11.9 Å². The molecule has 1 atom stereocenters. The van der Waals surface area contributed by atoms with Crippen LogP contribution in [-0.2, 0) is 16.1 Å². The normalized spacial score (nSPS) is 16.1. The summed E-state index contributed by atoms with van der Waals surface area (Å²) in [7, 11) is 0. The number of rotatable bonds is 8. The van der Waals surface area contributed by atoms with Gasteiger partial charge < -0.3 is 15.4 Å². The zero-order chi connectivity index (χ0) is 20.9. The van der Waals surface area contributed by atoms with Gasteiger partial charge in [0.1, 0.15) is 23.2 Å². The summed E-state index contributed by atoms with van der Waals surface area (Å²) in [4.78, 5) is 29.9. The third-order valence-corrected chi connectivity index (χ3v) is 4.90. The van der Waals surface area contributed by atoms with Crippen LogP contribution in [0.2, 0.25) is 0 Å². The Morgan fingerprint density at radius 2 is 2.30 bits per heavy atom. The predicted molar refractivity (Wildman–Crippen MR) is 111 cm³/mol. The number of carbonyl (C=O) groups is 1. The third kappa shape index (κ3) is 4.36. The first-order valence-electron chi connectivity index (χ1n) is 10.0. The number of ether oxygens (including phenoxy) is 1. The van der Waals surface area contributed by atoms with Gasteiger partial charge >= 0.3 is 0 Å². The minimum atomic E-state index is -0.0891. The molecule has 0 unspecified atom stereocenters. The lowest BCUT2D eigenvalue weighted by molar-refractivity contribution is -0.119. The molecule has 0 aromatic carbocycles. The highest BCUT2D eigenvalue weighted by Gasteiger charge is 2.24. The summed E-state index contributed by atoms with van der Waals surface area (Å²) in [6, 6.07) is 1.74. The molecule has 0 aliphatic carbocycles. The SMILES string of the molecule is CCOCCn1nc(C)c2nc(NC(=O)[C@H]3CCNC3)nc(Nc3ccncn3)c21. The Balaban J connectivity index is 1.71. The molecule has 1 fully saturated rings. The first kappa shape index (κ1) is 20.1. The van der Waals surface area contributed by atoms with Crippen LogP contribution in [0.3, 0.4) is 0 Å². The fourth-order valence-electron chi connectivity index (χ4n) is 3.41. The van der Waals surface area contributed by atoms with Gasteiger partial charge in [-0.05, 0) is 32.9 Å². The van der Waals surface area contributed by atoms with E-state index in [1.807, 2.05) is 18.5 Å². The molecule has 3 aromatic heterocycles. The number of fused-ring (bicyclic) bond motifs is 1. The van der Waals surface area contributed by atoms with Gasteiger partial charge in [-0.1, -0.05) is 0 Å². The van der Waals surface area contributed by atoms with Crippen molar-refractivity contribution in [3.63, 3.8) is 0 Å². The third-order valence-electron chi connectivity index (χ3n) is 4.90. The summed E-state index contributed by atoms with van der Waals surface area (Å²) in [6.45, 7) is 7.04. The number of nitrogens with one attached hydrogen (secondary N) is 3. The highest BCUT2D eigenvalue weighted by atomic mass is 16.5. The van der Waals surface area contributed by atoms with Gasteiger partial charge in [0.15, 0.2) is 5.82 Å². The van der Waals surface area contributed by atoms with E-state index in [4.69, 9.17) is 4.74 Å². The van der Waals surface area contributed by atoms with Crippen LogP contribution in [0.25, 0.3) is 11.0 Å². The maximum absolute atomic E-state index is 12.6. The average Bonchev–Trinajstić information content (AvgIpc) is 3.38. The molecule has 1 saturated heterocycles. The maximum atomic E-state index is 12.6. The molecule has 1 amide bonds. The maximum Gasteiger partial charge on any atom is 0.232 e. The molecule has 30 heavy (non-hydrogen) atoms. The molecule has 11 heteroatoms. The summed E-state index contributed by atoms with van der Waals surface area (Å²) >= 11 is 0. The predicted octanol–water partition coefficient (Wildman–Crippen LogP) is 1.25. The first-order chi connectivity index (χ1) is 14.7. The van der Waals surface area contributed by atoms with Crippen LogP contribution in [0.15, 0.2) is 18.6 Å². The molecule has 4 rings (SSSR count). The number of amides is 1. The molecule has 1 aliphatic rings. The van der Waals surface area contributed by atoms with Gasteiger partial charge in [-0.3, -0.25) is 14.8 Å². The van der Waals surface area contributed by atoms with E-state index in [-0.39, 0.29) is 17.8 Å². The Labute approximate surface area is 173 Å². The number of nitrogens with zero attached hydrogens (tertiary/aromatic N) is 6. The van der Waals surface area contributed by atoms with Crippen molar-refractivity contribution in [2.75, 3.05) is 36.9 Å². The molecular weight excluding hydrogens is 386 g/mol. The van der Waals surface area contributed by atoms with Crippen molar-refractivity contribution in [1.82, 2.24) is 35.0 Å². The van der Waals surface area contributed by atoms with E-state index in [2.05, 4.69) is 41.0 Å². The molecule has 3 N–H and O–H groups in total. The monoisotopic (exact) mass is 411 g/mol. The van der Waals surface area contributed by atoms with Crippen LogP contribution in [0.5, 0.6) is 0 Å². The van der Waals surface area contributed by atoms with Gasteiger partial charge in [0, 0.05) is 19.3 Å². The van der Waals surface area contributed by atoms with Crippen molar-refractivity contribution in [2.45, 2.75) is 26.8 Å². The lowest BCUT2D eigenvalue weighted by Crippen LogP contribution is -2.25. The summed E-state index contributed by atoms with van der Waals surface area (Å²) < 4.78 is 7.30. The van der Waals surface area contributed by atoms with Gasteiger partial charge in [-0.2, -0.15) is 10.1 Å². The van der Waals surface area contributed by atoms with E-state index < -0.39 is 0 Å². The Bertz CT molecular complexity index is 1020. The minimum Gasteiger partial charge on any atom is -0.380 e. The highest BCUT2D eigenvalue weighted by molar-refractivity contribution is 5.95. The minimum absolute atomic E-state index is 0.0856. The number of hydrogen-bond acceptors (Lipinski definition) is 9. The Hall–Kier alpha value is -3.18. The molecule has 0 spiro atoms. The van der Waals surface area contributed by atoms with E-state index in [0.29, 0.717) is 43.5 Å². The molecule has 11 nitrogen and oxygen atoms in total. The largest absolute Gasteiger partial charge is 0.380 e. The van der Waals surface area contributed by atoms with Gasteiger partial charge in [-0.15, -0.1) is 0 Å². The van der Waals surface area contributed by atoms with E-state index in [0.717, 1.165) is 24.2 Å². The van der Waals surface area contributed by atoms with Crippen LogP contribution in [-0.4, -0.2) is 61.9 Å². The summed E-state index contributed by atoms with van der Waals surface area (Å²) in [6.07, 6.45) is 3.89. The van der Waals surface area contributed by atoms with Gasteiger partial charge in [-0.25, -0.2) is 15.0 Å². The zero-order valence-corrected chi connectivity index (χ0v) is 17.1. The van der Waals surface area contributed by atoms with Crippen LogP contribution in [0.4, 0.5) is 17.6 Å². The second kappa shape index (κ2) is 9.09. The number of carbonyl (C=O) groups excluding carboxylic acids is 1. The topological polar surface area (TPSA) is 132 Å². The smallest absolute Gasteiger partial charge is 0.232 e. The first-order valence-corrected chi connectivity index (χ1v) is 10.0. The zero-order valence-electron chi connectivity index (χ0n) is 17.1. The van der Waals surface area contributed by atoms with Crippen LogP contribution in [0.1, 0.15) is 19.0 Å². The molecule has 0 radical (unpaired) electrons. The second-order valence-electron chi connectivity index (χ2n) is 7.00. The van der Waals surface area contributed by atoms with Gasteiger partial charge in [0.25, 0.3) is 0 Å². The Morgan fingerprint density at radius 1 is 1.40 bits per heavy atom. The molecule has 4 heterocycles. The number of aromatic nitrogens is 6. The molecule has 0 bridgehead atoms. The van der Waals surface area contributed by atoms with E-state index in [1.165, 1.54) is 6.33 Å². The summed E-state index contributed by atoms with van der Waals surface area (Å²) in [5.74, 6) is 1.16. The van der Waals surface area contributed by atoms with Crippen LogP contribution >= 0.6 is 0 Å². The molecule has 0 saturated carbocycles. The van der Waals surface area contributed by atoms with Crippen molar-refractivity contribution >= 4 is 34.5 Å². The average molecular weight is 411 g/mol. The fraction of sp³-hybridized carbons (Fsp3) is 0.474. The molecule has 1 aliphatic heterocycles. The lowest BCUT2D eigenvalue weighted by Gasteiger charge is -2.12. The molecular formula is C19H25N9O2. The van der Waals surface area contributed by atoms with Crippen molar-refractivity contribution in [1.29, 1.82) is 0 Å². The van der Waals surface area contributed by atoms with E-state index in [1.54, 1.807) is 12.3 Å². The number of aryl methyl sites for hydroxylation is 1. The van der Waals surface area contributed by atoms with E-state index in [9.17, 15) is 4.79 Å².